The highest BCUT2D eigenvalue weighted by Gasteiger charge is 2.44. The lowest BCUT2D eigenvalue weighted by Gasteiger charge is -2.44. The molecule has 2 aromatic carbocycles. The van der Waals surface area contributed by atoms with Crippen LogP contribution in [0.15, 0.2) is 48.8 Å². The van der Waals surface area contributed by atoms with E-state index in [1.165, 1.54) is 6.07 Å². The van der Waals surface area contributed by atoms with Crippen molar-refractivity contribution < 1.29 is 29.0 Å². The Kier molecular flexibility index (Phi) is 6.72. The predicted octanol–water partition coefficient (Wildman–Crippen LogP) is 5.06. The highest BCUT2D eigenvalue weighted by atomic mass is 16.5. The van der Waals surface area contributed by atoms with Crippen LogP contribution in [0.4, 0.5) is 0 Å². The van der Waals surface area contributed by atoms with E-state index >= 15 is 0 Å². The predicted molar refractivity (Wildman–Crippen MR) is 162 cm³/mol. The number of ether oxygens (including phenoxy) is 2. The molecule has 4 aromatic rings. The lowest BCUT2D eigenvalue weighted by molar-refractivity contribution is -0.255. The number of carbonyl (C=O) groups excluding carboxylic acids is 3. The van der Waals surface area contributed by atoms with E-state index < -0.39 is 11.6 Å². The Bertz CT molecular complexity index is 1840. The van der Waals surface area contributed by atoms with Gasteiger partial charge in [0.1, 0.15) is 17.1 Å². The van der Waals surface area contributed by atoms with Crippen molar-refractivity contribution in [3.05, 3.63) is 76.7 Å². The topological polar surface area (TPSA) is 114 Å². The fourth-order valence-corrected chi connectivity index (χ4v) is 6.74. The number of Topliss-reactive ketones (excluding diaryl/α,β-unsaturated/α-hetero) is 1. The summed E-state index contributed by atoms with van der Waals surface area (Å²) in [5.41, 5.74) is 4.26. The molecule has 9 nitrogen and oxygen atoms in total. The number of rotatable bonds is 6. The molecule has 0 atom stereocenters. The van der Waals surface area contributed by atoms with Crippen molar-refractivity contribution in [1.29, 1.82) is 0 Å². The van der Waals surface area contributed by atoms with Crippen LogP contribution in [-0.4, -0.2) is 57.4 Å². The Hall–Kier alpha value is -4.66. The van der Waals surface area contributed by atoms with Crippen LogP contribution in [0.2, 0.25) is 0 Å². The van der Waals surface area contributed by atoms with Crippen LogP contribution >= 0.6 is 0 Å². The third-order valence-electron chi connectivity index (χ3n) is 9.26. The molecule has 1 saturated carbocycles. The van der Waals surface area contributed by atoms with Crippen molar-refractivity contribution in [2.45, 2.75) is 64.5 Å². The lowest BCUT2D eigenvalue weighted by Crippen LogP contribution is -2.52. The van der Waals surface area contributed by atoms with Crippen molar-refractivity contribution in [3.8, 4) is 22.6 Å². The summed E-state index contributed by atoms with van der Waals surface area (Å²) in [6.07, 6.45) is 7.36. The molecule has 3 aliphatic rings. The van der Waals surface area contributed by atoms with E-state index in [9.17, 15) is 19.5 Å². The number of carboxylic acids is 1. The van der Waals surface area contributed by atoms with Crippen molar-refractivity contribution in [1.82, 2.24) is 14.5 Å². The molecule has 44 heavy (non-hydrogen) atoms. The highest BCUT2D eigenvalue weighted by Crippen LogP contribution is 2.43. The van der Waals surface area contributed by atoms with Gasteiger partial charge in [0.2, 0.25) is 0 Å². The number of aryl methyl sites for hydroxylation is 2. The largest absolute Gasteiger partial charge is 0.545 e. The number of benzene rings is 2. The second-order valence-corrected chi connectivity index (χ2v) is 12.3. The van der Waals surface area contributed by atoms with E-state index in [0.29, 0.717) is 72.3 Å². The maximum atomic E-state index is 13.8. The smallest absolute Gasteiger partial charge is 0.254 e. The fraction of sp³-hybridized carbons (Fsp3) is 0.371. The normalized spacial score (nSPS) is 17.4. The molecule has 0 radical (unpaired) electrons. The molecular weight excluding hydrogens is 558 g/mol. The van der Waals surface area contributed by atoms with Gasteiger partial charge in [-0.05, 0) is 75.1 Å². The number of ketones is 1. The number of hydrogen-bond acceptors (Lipinski definition) is 7. The number of likely N-dealkylation sites (tertiary alicyclic amines) is 1. The van der Waals surface area contributed by atoms with Crippen molar-refractivity contribution in [2.24, 2.45) is 0 Å². The maximum absolute atomic E-state index is 13.8. The third kappa shape index (κ3) is 4.80. The first kappa shape index (κ1) is 28.1. The van der Waals surface area contributed by atoms with Crippen LogP contribution < -0.4 is 14.6 Å². The Balaban J connectivity index is 1.10. The number of aromatic nitrogens is 2. The van der Waals surface area contributed by atoms with Crippen molar-refractivity contribution >= 4 is 28.6 Å². The summed E-state index contributed by atoms with van der Waals surface area (Å²) in [6.45, 7) is 7.13. The van der Waals surface area contributed by atoms with Gasteiger partial charge < -0.3 is 28.8 Å². The SMILES string of the molecule is CCOc1cc(C(=O)N2CCC3(CC2)CC(=O)c2cc(-c4cnc(C)c(C(=O)[O-])c4)ccc2O3)cc2c1c(C)cn2C1CC1. The van der Waals surface area contributed by atoms with Crippen LogP contribution in [-0.2, 0) is 0 Å². The van der Waals surface area contributed by atoms with Gasteiger partial charge in [-0.3, -0.25) is 14.6 Å². The molecule has 1 aliphatic carbocycles. The summed E-state index contributed by atoms with van der Waals surface area (Å²) in [5, 5.41) is 12.6. The van der Waals surface area contributed by atoms with Gasteiger partial charge in [0.15, 0.2) is 5.78 Å². The van der Waals surface area contributed by atoms with E-state index in [2.05, 4.69) is 22.7 Å². The molecule has 0 bridgehead atoms. The van der Waals surface area contributed by atoms with E-state index in [-0.39, 0.29) is 23.7 Å². The Morgan fingerprint density at radius 2 is 1.86 bits per heavy atom. The van der Waals surface area contributed by atoms with Crippen LogP contribution in [0.5, 0.6) is 11.5 Å². The molecular formula is C35H34N3O6-. The van der Waals surface area contributed by atoms with Gasteiger partial charge in [-0.1, -0.05) is 6.07 Å². The second-order valence-electron chi connectivity index (χ2n) is 12.3. The zero-order valence-electron chi connectivity index (χ0n) is 25.1. The van der Waals surface area contributed by atoms with Crippen LogP contribution in [0.1, 0.15) is 87.4 Å². The molecule has 226 valence electrons. The maximum Gasteiger partial charge on any atom is 0.254 e. The first-order valence-electron chi connectivity index (χ1n) is 15.3. The zero-order valence-corrected chi connectivity index (χ0v) is 25.1. The number of aromatic carboxylic acids is 1. The number of amides is 1. The average molecular weight is 593 g/mol. The third-order valence-corrected chi connectivity index (χ3v) is 9.26. The molecule has 0 unspecified atom stereocenters. The molecule has 2 aromatic heterocycles. The molecule has 1 saturated heterocycles. The minimum absolute atomic E-state index is 0.0177. The number of carbonyl (C=O) groups is 3. The van der Waals surface area contributed by atoms with Crippen LogP contribution in [0, 0.1) is 13.8 Å². The van der Waals surface area contributed by atoms with Crippen LogP contribution in [0.3, 0.4) is 0 Å². The minimum Gasteiger partial charge on any atom is -0.545 e. The van der Waals surface area contributed by atoms with Gasteiger partial charge >= 0.3 is 0 Å². The Labute approximate surface area is 255 Å². The summed E-state index contributed by atoms with van der Waals surface area (Å²) in [7, 11) is 0. The van der Waals surface area contributed by atoms with Gasteiger partial charge in [0.25, 0.3) is 5.91 Å². The van der Waals surface area contributed by atoms with Crippen LogP contribution in [0.25, 0.3) is 22.0 Å². The summed E-state index contributed by atoms with van der Waals surface area (Å²) >= 11 is 0. The Morgan fingerprint density at radius 3 is 2.57 bits per heavy atom. The highest BCUT2D eigenvalue weighted by molar-refractivity contribution is 6.03. The molecule has 2 aliphatic heterocycles. The summed E-state index contributed by atoms with van der Waals surface area (Å²) in [5.74, 6) is -0.116. The number of pyridine rings is 1. The molecule has 9 heteroatoms. The van der Waals surface area contributed by atoms with E-state index in [4.69, 9.17) is 9.47 Å². The van der Waals surface area contributed by atoms with Gasteiger partial charge in [-0.25, -0.2) is 0 Å². The fourth-order valence-electron chi connectivity index (χ4n) is 6.74. The minimum atomic E-state index is -1.29. The monoisotopic (exact) mass is 592 g/mol. The number of nitrogens with zero attached hydrogens (tertiary/aromatic N) is 3. The quantitative estimate of drug-likeness (QED) is 0.308. The molecule has 1 spiro atoms. The molecule has 4 heterocycles. The standard InChI is InChI=1S/C35H35N3O6/c1-4-43-31-16-23(15-28-32(31)20(2)19-38(28)25-6-7-25)33(40)37-11-9-35(10-12-37)17-29(39)27-13-22(5-8-30(27)44-35)24-14-26(34(41)42)21(3)36-18-24/h5,8,13-16,18-19,25H,4,6-7,9-12,17H2,1-3H3,(H,41,42)/p-1. The number of fused-ring (bicyclic) bond motifs is 2. The van der Waals surface area contributed by atoms with E-state index in [0.717, 1.165) is 35.1 Å². The number of hydrogen-bond donors (Lipinski definition) is 0. The Morgan fingerprint density at radius 1 is 1.09 bits per heavy atom. The van der Waals surface area contributed by atoms with E-state index in [1.54, 1.807) is 31.3 Å². The van der Waals surface area contributed by atoms with Gasteiger partial charge in [-0.15, -0.1) is 0 Å². The average Bonchev–Trinajstić information content (AvgIpc) is 3.80. The first-order chi connectivity index (χ1) is 21.2. The number of piperidine rings is 1. The van der Waals surface area contributed by atoms with Gasteiger partial charge in [0, 0.05) is 72.1 Å². The first-order valence-corrected chi connectivity index (χ1v) is 15.3. The van der Waals surface area contributed by atoms with Gasteiger partial charge in [0.05, 0.1) is 30.1 Å². The summed E-state index contributed by atoms with van der Waals surface area (Å²) < 4.78 is 14.8. The van der Waals surface area contributed by atoms with E-state index in [1.807, 2.05) is 24.0 Å². The molecule has 7 rings (SSSR count). The molecule has 2 fully saturated rings. The molecule has 1 amide bonds. The van der Waals surface area contributed by atoms with Crippen molar-refractivity contribution in [2.75, 3.05) is 19.7 Å². The summed E-state index contributed by atoms with van der Waals surface area (Å²) in [6, 6.07) is 11.2. The molecule has 0 N–H and O–H groups in total. The number of carboxylic acid groups (broad SMARTS) is 1. The summed E-state index contributed by atoms with van der Waals surface area (Å²) in [4.78, 5) is 44.8. The lowest BCUT2D eigenvalue weighted by atomic mass is 9.82. The van der Waals surface area contributed by atoms with Crippen molar-refractivity contribution in [3.63, 3.8) is 0 Å². The van der Waals surface area contributed by atoms with Gasteiger partial charge in [-0.2, -0.15) is 0 Å². The second kappa shape index (κ2) is 10.5. The zero-order chi connectivity index (χ0) is 30.7.